The van der Waals surface area contributed by atoms with Gasteiger partial charge in [0.1, 0.15) is 5.75 Å². The second kappa shape index (κ2) is 9.47. The van der Waals surface area contributed by atoms with Crippen molar-refractivity contribution in [3.63, 3.8) is 0 Å². The smallest absolute Gasteiger partial charge is 0.130 e. The van der Waals surface area contributed by atoms with E-state index >= 15 is 0 Å². The van der Waals surface area contributed by atoms with E-state index in [-0.39, 0.29) is 49.6 Å². The summed E-state index contributed by atoms with van der Waals surface area (Å²) in [4.78, 5) is 0. The standard InChI is InChI=1S/C9H8O.4ClH/c1-2-6-9-8(4-1)5-3-7-10-9;;;;/h1-4,6-7H,5H2;4*1H. The van der Waals surface area contributed by atoms with E-state index in [1.165, 1.54) is 5.56 Å². The van der Waals surface area contributed by atoms with Gasteiger partial charge >= 0.3 is 0 Å². The van der Waals surface area contributed by atoms with Gasteiger partial charge in [-0.15, -0.1) is 49.6 Å². The molecule has 0 unspecified atom stereocenters. The Balaban J connectivity index is -0.000000302. The van der Waals surface area contributed by atoms with Crippen molar-refractivity contribution in [3.8, 4) is 5.75 Å². The van der Waals surface area contributed by atoms with Crippen LogP contribution in [0.3, 0.4) is 0 Å². The van der Waals surface area contributed by atoms with Gasteiger partial charge in [0.05, 0.1) is 6.26 Å². The number of fused-ring (bicyclic) bond motifs is 1. The zero-order valence-electron chi connectivity index (χ0n) is 7.21. The Morgan fingerprint density at radius 2 is 1.57 bits per heavy atom. The molecule has 1 aromatic carbocycles. The molecule has 0 bridgehead atoms. The highest BCUT2D eigenvalue weighted by atomic mass is 35.5. The molecular formula is C9H12Cl4O. The first kappa shape index (κ1) is 19.5. The van der Waals surface area contributed by atoms with E-state index in [9.17, 15) is 0 Å². The molecule has 1 aliphatic rings. The van der Waals surface area contributed by atoms with E-state index in [2.05, 4.69) is 6.07 Å². The summed E-state index contributed by atoms with van der Waals surface area (Å²) < 4.78 is 5.24. The van der Waals surface area contributed by atoms with Crippen LogP contribution in [0.1, 0.15) is 5.56 Å². The predicted molar refractivity (Wildman–Crippen MR) is 68.9 cm³/mol. The fourth-order valence-electron chi connectivity index (χ4n) is 1.08. The molecule has 0 N–H and O–H groups in total. The maximum atomic E-state index is 5.24. The second-order valence-corrected chi connectivity index (χ2v) is 2.30. The fraction of sp³-hybridized carbons (Fsp3) is 0.111. The first-order valence-corrected chi connectivity index (χ1v) is 3.36. The van der Waals surface area contributed by atoms with E-state index in [1.807, 2.05) is 24.3 Å². The number of benzene rings is 1. The molecule has 1 nitrogen and oxygen atoms in total. The summed E-state index contributed by atoms with van der Waals surface area (Å²) in [5.74, 6) is 0.991. The minimum absolute atomic E-state index is 0. The lowest BCUT2D eigenvalue weighted by Crippen LogP contribution is -1.94. The van der Waals surface area contributed by atoms with Crippen molar-refractivity contribution in [3.05, 3.63) is 42.2 Å². The molecule has 0 saturated heterocycles. The van der Waals surface area contributed by atoms with Crippen LogP contribution in [0.15, 0.2) is 36.6 Å². The molecule has 0 atom stereocenters. The van der Waals surface area contributed by atoms with Gasteiger partial charge in [-0.1, -0.05) is 18.2 Å². The average molecular weight is 278 g/mol. The lowest BCUT2D eigenvalue weighted by molar-refractivity contribution is 0.464. The summed E-state index contributed by atoms with van der Waals surface area (Å²) in [6.45, 7) is 0. The zero-order valence-corrected chi connectivity index (χ0v) is 10.5. The third-order valence-corrected chi connectivity index (χ3v) is 1.60. The third kappa shape index (κ3) is 4.43. The van der Waals surface area contributed by atoms with Gasteiger partial charge < -0.3 is 4.74 Å². The summed E-state index contributed by atoms with van der Waals surface area (Å²) in [7, 11) is 0. The monoisotopic (exact) mass is 276 g/mol. The van der Waals surface area contributed by atoms with Gasteiger partial charge in [-0.25, -0.2) is 0 Å². The van der Waals surface area contributed by atoms with Crippen molar-refractivity contribution in [2.75, 3.05) is 0 Å². The number of rotatable bonds is 0. The van der Waals surface area contributed by atoms with Crippen LogP contribution in [0.2, 0.25) is 0 Å². The van der Waals surface area contributed by atoms with Crippen LogP contribution in [-0.4, -0.2) is 0 Å². The number of hydrogen-bond acceptors (Lipinski definition) is 1. The van der Waals surface area contributed by atoms with Gasteiger partial charge in [0, 0.05) is 0 Å². The van der Waals surface area contributed by atoms with E-state index < -0.39 is 0 Å². The van der Waals surface area contributed by atoms with Crippen molar-refractivity contribution in [1.29, 1.82) is 0 Å². The molecule has 1 heterocycles. The predicted octanol–water partition coefficient (Wildman–Crippen LogP) is 3.82. The molecule has 1 aliphatic heterocycles. The van der Waals surface area contributed by atoms with Crippen molar-refractivity contribution in [2.45, 2.75) is 6.42 Å². The van der Waals surface area contributed by atoms with Crippen LogP contribution < -0.4 is 4.74 Å². The van der Waals surface area contributed by atoms with Crippen LogP contribution in [-0.2, 0) is 6.42 Å². The highest BCUT2D eigenvalue weighted by molar-refractivity contribution is 5.86. The highest BCUT2D eigenvalue weighted by Gasteiger charge is 2.02. The van der Waals surface area contributed by atoms with Gasteiger partial charge in [-0.05, 0) is 24.1 Å². The van der Waals surface area contributed by atoms with Crippen LogP contribution in [0.25, 0.3) is 0 Å². The van der Waals surface area contributed by atoms with Crippen molar-refractivity contribution >= 4 is 49.6 Å². The summed E-state index contributed by atoms with van der Waals surface area (Å²) in [5, 5.41) is 0. The number of hydrogen-bond donors (Lipinski definition) is 0. The summed E-state index contributed by atoms with van der Waals surface area (Å²) >= 11 is 0. The average Bonchev–Trinajstić information content (AvgIpc) is 2.05. The van der Waals surface area contributed by atoms with Crippen molar-refractivity contribution in [2.24, 2.45) is 0 Å². The zero-order chi connectivity index (χ0) is 6.81. The van der Waals surface area contributed by atoms with E-state index in [0.717, 1.165) is 12.2 Å². The molecular weight excluding hydrogens is 266 g/mol. The molecule has 0 radical (unpaired) electrons. The van der Waals surface area contributed by atoms with Gasteiger partial charge in [0.15, 0.2) is 0 Å². The molecule has 14 heavy (non-hydrogen) atoms. The van der Waals surface area contributed by atoms with Crippen LogP contribution in [0.5, 0.6) is 5.75 Å². The number of halogens is 4. The summed E-state index contributed by atoms with van der Waals surface area (Å²) in [5.41, 5.74) is 1.27. The van der Waals surface area contributed by atoms with Crippen LogP contribution in [0, 0.1) is 0 Å². The largest absolute Gasteiger partial charge is 0.465 e. The van der Waals surface area contributed by atoms with Gasteiger partial charge in [0.2, 0.25) is 0 Å². The molecule has 82 valence electrons. The Morgan fingerprint density at radius 3 is 2.21 bits per heavy atom. The van der Waals surface area contributed by atoms with E-state index in [1.54, 1.807) is 6.26 Å². The van der Waals surface area contributed by atoms with Crippen LogP contribution >= 0.6 is 49.6 Å². The Bertz CT molecular complexity index is 248. The minimum Gasteiger partial charge on any atom is -0.465 e. The molecule has 0 spiro atoms. The molecule has 0 aliphatic carbocycles. The molecule has 0 amide bonds. The normalized spacial score (nSPS) is 10.0. The van der Waals surface area contributed by atoms with Crippen LogP contribution in [0.4, 0.5) is 0 Å². The van der Waals surface area contributed by atoms with Gasteiger partial charge in [-0.2, -0.15) is 0 Å². The second-order valence-electron chi connectivity index (χ2n) is 2.30. The van der Waals surface area contributed by atoms with Gasteiger partial charge in [0.25, 0.3) is 0 Å². The van der Waals surface area contributed by atoms with Gasteiger partial charge in [-0.3, -0.25) is 0 Å². The molecule has 0 aromatic heterocycles. The Labute approximate surface area is 109 Å². The summed E-state index contributed by atoms with van der Waals surface area (Å²) in [6.07, 6.45) is 4.75. The highest BCUT2D eigenvalue weighted by Crippen LogP contribution is 2.21. The topological polar surface area (TPSA) is 9.23 Å². The maximum absolute atomic E-state index is 5.24. The van der Waals surface area contributed by atoms with Crippen molar-refractivity contribution in [1.82, 2.24) is 0 Å². The SMILES string of the molecule is C1=COc2ccccc2C1.Cl.Cl.Cl.Cl. The molecule has 0 fully saturated rings. The number of allylic oxidation sites excluding steroid dienone is 1. The molecule has 5 heteroatoms. The first-order chi connectivity index (χ1) is 4.97. The van der Waals surface area contributed by atoms with E-state index in [0.29, 0.717) is 0 Å². The van der Waals surface area contributed by atoms with Crippen molar-refractivity contribution < 1.29 is 4.74 Å². The Kier molecular flexibility index (Phi) is 13.2. The molecule has 2 rings (SSSR count). The number of ether oxygens (including phenoxy) is 1. The quantitative estimate of drug-likeness (QED) is 0.701. The Hall–Kier alpha value is -0.0800. The fourth-order valence-corrected chi connectivity index (χ4v) is 1.08. The third-order valence-electron chi connectivity index (χ3n) is 1.60. The maximum Gasteiger partial charge on any atom is 0.130 e. The minimum atomic E-state index is 0. The first-order valence-electron chi connectivity index (χ1n) is 3.36. The number of para-hydroxylation sites is 1. The Morgan fingerprint density at radius 1 is 0.929 bits per heavy atom. The summed E-state index contributed by atoms with van der Waals surface area (Å²) in [6, 6.07) is 8.08. The lowest BCUT2D eigenvalue weighted by atomic mass is 10.1. The molecule has 1 aromatic rings. The van der Waals surface area contributed by atoms with E-state index in [4.69, 9.17) is 4.74 Å². The lowest BCUT2D eigenvalue weighted by Gasteiger charge is -2.09. The molecule has 0 saturated carbocycles.